The van der Waals surface area contributed by atoms with Gasteiger partial charge in [0, 0.05) is 17.6 Å². The zero-order valence-electron chi connectivity index (χ0n) is 12.4. The highest BCUT2D eigenvalue weighted by Gasteiger charge is 2.26. The van der Waals surface area contributed by atoms with Crippen molar-refractivity contribution in [2.45, 2.75) is 38.5 Å². The molecule has 0 aliphatic carbocycles. The fraction of sp³-hybridized carbons (Fsp3) is 0.500. The predicted molar refractivity (Wildman–Crippen MR) is 85.2 cm³/mol. The van der Waals surface area contributed by atoms with Crippen LogP contribution in [0.5, 0.6) is 0 Å². The van der Waals surface area contributed by atoms with Gasteiger partial charge in [0.25, 0.3) is 0 Å². The molecule has 0 saturated heterocycles. The molecule has 0 aromatic heterocycles. The number of rotatable bonds is 7. The van der Waals surface area contributed by atoms with E-state index in [1.165, 1.54) is 16.4 Å². The summed E-state index contributed by atoms with van der Waals surface area (Å²) in [6.07, 6.45) is 1.66. The minimum atomic E-state index is -3.69. The van der Waals surface area contributed by atoms with E-state index in [-0.39, 0.29) is 10.5 Å². The summed E-state index contributed by atoms with van der Waals surface area (Å²) < 4.78 is 27.3. The molecule has 0 spiro atoms. The van der Waals surface area contributed by atoms with Crippen molar-refractivity contribution in [2.24, 2.45) is 0 Å². The Hall–Kier alpha value is -0.920. The molecule has 0 aliphatic heterocycles. The van der Waals surface area contributed by atoms with Crippen LogP contribution in [-0.2, 0) is 10.0 Å². The predicted octanol–water partition coefficient (Wildman–Crippen LogP) is 3.27. The van der Waals surface area contributed by atoms with Gasteiger partial charge < -0.3 is 5.11 Å². The average molecular weight is 378 g/mol. The lowest BCUT2D eigenvalue weighted by Gasteiger charge is -2.22. The zero-order valence-corrected chi connectivity index (χ0v) is 14.8. The molecule has 21 heavy (non-hydrogen) atoms. The van der Waals surface area contributed by atoms with E-state index in [1.807, 2.05) is 6.92 Å². The standard InChI is InChI=1S/C14H20BrNO4S/c1-4-6-7-16(5-2)21(19,20)13-9-11(14(17)18)8-12(15)10(13)3/h8-9H,4-7H2,1-3H3,(H,17,18). The summed E-state index contributed by atoms with van der Waals surface area (Å²) in [5.74, 6) is -1.15. The first-order valence-electron chi connectivity index (χ1n) is 6.79. The maximum Gasteiger partial charge on any atom is 0.335 e. The highest BCUT2D eigenvalue weighted by atomic mass is 79.9. The van der Waals surface area contributed by atoms with E-state index in [0.717, 1.165) is 12.8 Å². The van der Waals surface area contributed by atoms with E-state index < -0.39 is 16.0 Å². The van der Waals surface area contributed by atoms with Gasteiger partial charge in [0.2, 0.25) is 10.0 Å². The molecule has 5 nitrogen and oxygen atoms in total. The third-order valence-corrected chi connectivity index (χ3v) is 6.20. The Bertz CT molecular complexity index is 628. The molecule has 0 aliphatic rings. The van der Waals surface area contributed by atoms with Crippen molar-refractivity contribution in [1.82, 2.24) is 4.31 Å². The van der Waals surface area contributed by atoms with Crippen LogP contribution < -0.4 is 0 Å². The molecule has 0 saturated carbocycles. The zero-order chi connectivity index (χ0) is 16.2. The monoisotopic (exact) mass is 377 g/mol. The molecule has 0 unspecified atom stereocenters. The molecule has 7 heteroatoms. The van der Waals surface area contributed by atoms with E-state index in [0.29, 0.717) is 23.1 Å². The number of carbonyl (C=O) groups is 1. The van der Waals surface area contributed by atoms with Crippen LogP contribution in [0.4, 0.5) is 0 Å². The van der Waals surface area contributed by atoms with Crippen LogP contribution in [0, 0.1) is 6.92 Å². The third kappa shape index (κ3) is 4.05. The van der Waals surface area contributed by atoms with Crippen LogP contribution >= 0.6 is 15.9 Å². The van der Waals surface area contributed by atoms with Crippen LogP contribution in [-0.4, -0.2) is 36.9 Å². The summed E-state index contributed by atoms with van der Waals surface area (Å²) in [7, 11) is -3.69. The van der Waals surface area contributed by atoms with Gasteiger partial charge in [0.05, 0.1) is 10.5 Å². The molecule has 1 N–H and O–H groups in total. The second-order valence-corrected chi connectivity index (χ2v) is 7.50. The molecule has 1 rings (SSSR count). The maximum absolute atomic E-state index is 12.7. The Morgan fingerprint density at radius 3 is 2.43 bits per heavy atom. The van der Waals surface area contributed by atoms with Gasteiger partial charge in [0.1, 0.15) is 0 Å². The number of carboxylic acid groups (broad SMARTS) is 1. The second-order valence-electron chi connectivity index (χ2n) is 4.74. The van der Waals surface area contributed by atoms with Crippen molar-refractivity contribution in [1.29, 1.82) is 0 Å². The van der Waals surface area contributed by atoms with Gasteiger partial charge in [0.15, 0.2) is 0 Å². The summed E-state index contributed by atoms with van der Waals surface area (Å²) in [6, 6.07) is 2.64. The van der Waals surface area contributed by atoms with Gasteiger partial charge >= 0.3 is 5.97 Å². The van der Waals surface area contributed by atoms with Crippen LogP contribution in [0.2, 0.25) is 0 Å². The first kappa shape index (κ1) is 18.1. The second kappa shape index (κ2) is 7.38. The van der Waals surface area contributed by atoms with Gasteiger partial charge in [-0.3, -0.25) is 0 Å². The Kier molecular flexibility index (Phi) is 6.37. The lowest BCUT2D eigenvalue weighted by molar-refractivity contribution is 0.0696. The number of benzene rings is 1. The summed E-state index contributed by atoms with van der Waals surface area (Å²) in [5.41, 5.74) is 0.479. The largest absolute Gasteiger partial charge is 0.478 e. The SMILES string of the molecule is CCCCN(CC)S(=O)(=O)c1cc(C(=O)O)cc(Br)c1C. The molecule has 118 valence electrons. The Morgan fingerprint density at radius 1 is 1.33 bits per heavy atom. The molecule has 1 aromatic rings. The summed E-state index contributed by atoms with van der Waals surface area (Å²) >= 11 is 3.24. The Labute approximate surface area is 134 Å². The lowest BCUT2D eigenvalue weighted by Crippen LogP contribution is -2.32. The van der Waals surface area contributed by atoms with Gasteiger partial charge in [-0.1, -0.05) is 36.2 Å². The van der Waals surface area contributed by atoms with Crippen molar-refractivity contribution in [2.75, 3.05) is 13.1 Å². The van der Waals surface area contributed by atoms with Gasteiger partial charge in [-0.2, -0.15) is 4.31 Å². The molecule has 0 fully saturated rings. The average Bonchev–Trinajstić information content (AvgIpc) is 2.41. The molecule has 0 bridgehead atoms. The topological polar surface area (TPSA) is 74.7 Å². The van der Waals surface area contributed by atoms with Gasteiger partial charge in [-0.25, -0.2) is 13.2 Å². The maximum atomic E-state index is 12.7. The normalized spacial score (nSPS) is 11.9. The number of halogens is 1. The third-order valence-electron chi connectivity index (χ3n) is 3.28. The lowest BCUT2D eigenvalue weighted by atomic mass is 10.1. The molecule has 0 amide bonds. The highest BCUT2D eigenvalue weighted by molar-refractivity contribution is 9.10. The van der Waals surface area contributed by atoms with E-state index in [4.69, 9.17) is 5.11 Å². The minimum Gasteiger partial charge on any atom is -0.478 e. The number of nitrogens with zero attached hydrogens (tertiary/aromatic N) is 1. The molecule has 1 aromatic carbocycles. The number of hydrogen-bond donors (Lipinski definition) is 1. The van der Waals surface area contributed by atoms with Crippen LogP contribution in [0.15, 0.2) is 21.5 Å². The minimum absolute atomic E-state index is 0.0439. The number of carboxylic acids is 1. The summed E-state index contributed by atoms with van der Waals surface area (Å²) in [6.45, 7) is 6.22. The van der Waals surface area contributed by atoms with Crippen LogP contribution in [0.1, 0.15) is 42.6 Å². The van der Waals surface area contributed by atoms with Gasteiger partial charge in [-0.05, 0) is 31.0 Å². The first-order valence-corrected chi connectivity index (χ1v) is 9.02. The summed E-state index contributed by atoms with van der Waals surface area (Å²) in [4.78, 5) is 11.2. The van der Waals surface area contributed by atoms with Crippen molar-refractivity contribution < 1.29 is 18.3 Å². The number of aromatic carboxylic acids is 1. The van der Waals surface area contributed by atoms with Crippen molar-refractivity contribution in [3.05, 3.63) is 27.7 Å². The van der Waals surface area contributed by atoms with Crippen molar-refractivity contribution >= 4 is 31.9 Å². The first-order chi connectivity index (χ1) is 9.75. The smallest absolute Gasteiger partial charge is 0.335 e. The molecule has 0 atom stereocenters. The Balaban J connectivity index is 3.39. The number of sulfonamides is 1. The van der Waals surface area contributed by atoms with Crippen molar-refractivity contribution in [3.63, 3.8) is 0 Å². The molecule has 0 heterocycles. The molecular formula is C14H20BrNO4S. The molecular weight excluding hydrogens is 358 g/mol. The summed E-state index contributed by atoms with van der Waals surface area (Å²) in [5, 5.41) is 9.10. The highest BCUT2D eigenvalue weighted by Crippen LogP contribution is 2.28. The van der Waals surface area contributed by atoms with Crippen molar-refractivity contribution in [3.8, 4) is 0 Å². The van der Waals surface area contributed by atoms with E-state index in [2.05, 4.69) is 15.9 Å². The quantitative estimate of drug-likeness (QED) is 0.790. The number of hydrogen-bond acceptors (Lipinski definition) is 3. The Morgan fingerprint density at radius 2 is 1.95 bits per heavy atom. The van der Waals surface area contributed by atoms with Crippen LogP contribution in [0.25, 0.3) is 0 Å². The van der Waals surface area contributed by atoms with E-state index in [9.17, 15) is 13.2 Å². The fourth-order valence-corrected chi connectivity index (χ4v) is 4.32. The van der Waals surface area contributed by atoms with Crippen LogP contribution in [0.3, 0.4) is 0 Å². The van der Waals surface area contributed by atoms with Gasteiger partial charge in [-0.15, -0.1) is 0 Å². The van der Waals surface area contributed by atoms with E-state index >= 15 is 0 Å². The van der Waals surface area contributed by atoms with E-state index in [1.54, 1.807) is 13.8 Å². The fourth-order valence-electron chi connectivity index (χ4n) is 1.97. The number of unbranched alkanes of at least 4 members (excludes halogenated alkanes) is 1. The molecule has 0 radical (unpaired) electrons.